The number of anilines is 1. The lowest BCUT2D eigenvalue weighted by Crippen LogP contribution is -2.72. The molecule has 4 saturated heterocycles. The van der Waals surface area contributed by atoms with Gasteiger partial charge in [-0.25, -0.2) is 0 Å². The van der Waals surface area contributed by atoms with Crippen molar-refractivity contribution in [1.82, 2.24) is 4.90 Å². The molecule has 2 N–H and O–H groups in total. The number of aliphatic hydroxyl groups is 2. The van der Waals surface area contributed by atoms with Crippen molar-refractivity contribution >= 4 is 5.69 Å². The number of likely N-dealkylation sites (N-methyl/N-ethyl adjacent to an activating group) is 1. The molecule has 5 aliphatic heterocycles. The first-order valence-corrected chi connectivity index (χ1v) is 9.57. The summed E-state index contributed by atoms with van der Waals surface area (Å²) in [7, 11) is 2.19. The number of hydrogen-bond donors (Lipinski definition) is 2. The van der Waals surface area contributed by atoms with Gasteiger partial charge in [0.15, 0.2) is 0 Å². The molecule has 5 heterocycles. The summed E-state index contributed by atoms with van der Waals surface area (Å²) in [5.41, 5.74) is 2.51. The molecule has 1 aromatic carbocycles. The average Bonchev–Trinajstić information content (AvgIpc) is 2.97. The Morgan fingerprint density at radius 2 is 2.00 bits per heavy atom. The lowest BCUT2D eigenvalue weighted by atomic mass is 9.62. The van der Waals surface area contributed by atoms with Crippen molar-refractivity contribution in [2.75, 3.05) is 11.9 Å². The van der Waals surface area contributed by atoms with Gasteiger partial charge in [0.1, 0.15) is 6.23 Å². The van der Waals surface area contributed by atoms with Crippen LogP contribution in [0.1, 0.15) is 31.7 Å². The van der Waals surface area contributed by atoms with E-state index in [-0.39, 0.29) is 17.7 Å². The highest BCUT2D eigenvalue weighted by atomic mass is 16.3. The van der Waals surface area contributed by atoms with E-state index in [9.17, 15) is 10.2 Å². The van der Waals surface area contributed by atoms with E-state index >= 15 is 0 Å². The lowest BCUT2D eigenvalue weighted by molar-refractivity contribution is -0.211. The minimum Gasteiger partial charge on any atom is -0.392 e. The molecular formula is C20H26N2O2. The van der Waals surface area contributed by atoms with Crippen LogP contribution in [0.4, 0.5) is 5.69 Å². The van der Waals surface area contributed by atoms with E-state index in [4.69, 9.17) is 0 Å². The third kappa shape index (κ3) is 1.20. The highest BCUT2D eigenvalue weighted by molar-refractivity contribution is 5.67. The fourth-order valence-corrected chi connectivity index (χ4v) is 7.88. The maximum atomic E-state index is 11.6. The van der Waals surface area contributed by atoms with E-state index < -0.39 is 0 Å². The van der Waals surface area contributed by atoms with Gasteiger partial charge in [0.05, 0.1) is 12.1 Å². The lowest BCUT2D eigenvalue weighted by Gasteiger charge is -2.62. The second-order valence-corrected chi connectivity index (χ2v) is 8.81. The van der Waals surface area contributed by atoms with E-state index in [0.29, 0.717) is 35.9 Å². The van der Waals surface area contributed by atoms with Crippen LogP contribution in [-0.2, 0) is 5.41 Å². The molecule has 128 valence electrons. The Morgan fingerprint density at radius 1 is 1.21 bits per heavy atom. The SMILES string of the molecule is CC[C@@H]1[C@@H]2C[C@H]3[C@@H]4N(C)c5ccccc5C45C[C@@H]([C@@H]2[C@H]5O)N3[C@H]1O. The number of para-hydroxylation sites is 1. The first-order valence-electron chi connectivity index (χ1n) is 9.57. The molecule has 4 heteroatoms. The molecule has 1 aromatic rings. The van der Waals surface area contributed by atoms with Crippen molar-refractivity contribution in [3.8, 4) is 0 Å². The molecule has 6 aliphatic rings. The summed E-state index contributed by atoms with van der Waals surface area (Å²) >= 11 is 0. The van der Waals surface area contributed by atoms with Crippen LogP contribution in [0.15, 0.2) is 24.3 Å². The Kier molecular flexibility index (Phi) is 2.45. The number of rotatable bonds is 1. The number of nitrogens with zero attached hydrogens (tertiary/aromatic N) is 2. The van der Waals surface area contributed by atoms with Gasteiger partial charge in [0.2, 0.25) is 0 Å². The highest BCUT2D eigenvalue weighted by Crippen LogP contribution is 2.68. The summed E-state index contributed by atoms with van der Waals surface area (Å²) in [6, 6.07) is 9.70. The van der Waals surface area contributed by atoms with E-state index in [2.05, 4.69) is 48.0 Å². The average molecular weight is 326 g/mol. The van der Waals surface area contributed by atoms with Gasteiger partial charge in [0, 0.05) is 42.1 Å². The first kappa shape index (κ1) is 14.1. The monoisotopic (exact) mass is 326 g/mol. The van der Waals surface area contributed by atoms with Gasteiger partial charge in [-0.2, -0.15) is 0 Å². The predicted molar refractivity (Wildman–Crippen MR) is 91.7 cm³/mol. The number of fused-ring (bicyclic) bond motifs is 2. The van der Waals surface area contributed by atoms with Crippen LogP contribution in [0.25, 0.3) is 0 Å². The molecule has 1 aliphatic carbocycles. The first-order chi connectivity index (χ1) is 11.6. The largest absolute Gasteiger partial charge is 0.392 e. The maximum absolute atomic E-state index is 11.6. The van der Waals surface area contributed by atoms with E-state index in [1.807, 2.05) is 0 Å². The Balaban J connectivity index is 1.60. The summed E-state index contributed by atoms with van der Waals surface area (Å²) in [6.07, 6.45) is 2.56. The molecular weight excluding hydrogens is 300 g/mol. The fourth-order valence-electron chi connectivity index (χ4n) is 7.88. The zero-order valence-corrected chi connectivity index (χ0v) is 14.3. The van der Waals surface area contributed by atoms with Crippen LogP contribution >= 0.6 is 0 Å². The predicted octanol–water partition coefficient (Wildman–Crippen LogP) is 1.55. The second-order valence-electron chi connectivity index (χ2n) is 8.81. The zero-order chi connectivity index (χ0) is 16.4. The minimum absolute atomic E-state index is 0.126. The molecule has 7 rings (SSSR count). The second kappa shape index (κ2) is 4.17. The molecule has 5 fully saturated rings. The molecule has 4 nitrogen and oxygen atoms in total. The van der Waals surface area contributed by atoms with Crippen molar-refractivity contribution in [2.24, 2.45) is 17.8 Å². The summed E-state index contributed by atoms with van der Waals surface area (Å²) in [5.74, 6) is 1.14. The smallest absolute Gasteiger partial charge is 0.111 e. The standard InChI is InChI=1S/C20H26N2O2/c1-3-10-11-8-14-17-20(12-6-4-5-7-13(12)21(17)2)9-15(16(11)18(20)23)22(14)19(10)24/h4-7,10-11,14-19,23-24H,3,8-9H2,1-2H3/t10-,11+,14+,15+,16-,17+,18-,19+,20?/m1/s1. The van der Waals surface area contributed by atoms with Gasteiger partial charge in [-0.3, -0.25) is 4.90 Å². The van der Waals surface area contributed by atoms with Gasteiger partial charge in [-0.15, -0.1) is 0 Å². The van der Waals surface area contributed by atoms with Gasteiger partial charge in [-0.05, 0) is 36.8 Å². The van der Waals surface area contributed by atoms with Crippen LogP contribution in [0.3, 0.4) is 0 Å². The van der Waals surface area contributed by atoms with Gasteiger partial charge < -0.3 is 15.1 Å². The van der Waals surface area contributed by atoms with E-state index in [0.717, 1.165) is 19.3 Å². The molecule has 2 unspecified atom stereocenters. The van der Waals surface area contributed by atoms with Crippen molar-refractivity contribution in [2.45, 2.75) is 62.1 Å². The Hall–Kier alpha value is -1.10. The highest BCUT2D eigenvalue weighted by Gasteiger charge is 2.76. The summed E-state index contributed by atoms with van der Waals surface area (Å²) in [6.45, 7) is 2.19. The zero-order valence-electron chi connectivity index (χ0n) is 14.3. The molecule has 0 radical (unpaired) electrons. The third-order valence-corrected chi connectivity index (χ3v) is 8.46. The minimum atomic E-state index is -0.319. The Bertz CT molecular complexity index is 723. The molecule has 24 heavy (non-hydrogen) atoms. The normalized spacial score (nSPS) is 55.8. The van der Waals surface area contributed by atoms with Gasteiger partial charge >= 0.3 is 0 Å². The van der Waals surface area contributed by atoms with Crippen molar-refractivity contribution < 1.29 is 10.2 Å². The molecule has 0 amide bonds. The van der Waals surface area contributed by atoms with Gasteiger partial charge in [0.25, 0.3) is 0 Å². The van der Waals surface area contributed by atoms with Crippen LogP contribution in [0.2, 0.25) is 0 Å². The van der Waals surface area contributed by atoms with Crippen molar-refractivity contribution in [1.29, 1.82) is 0 Å². The van der Waals surface area contributed by atoms with Crippen LogP contribution in [0, 0.1) is 17.8 Å². The van der Waals surface area contributed by atoms with Crippen LogP contribution in [0.5, 0.6) is 0 Å². The number of hydrogen-bond acceptors (Lipinski definition) is 4. The Labute approximate surface area is 143 Å². The summed E-state index contributed by atoms with van der Waals surface area (Å²) in [4.78, 5) is 4.83. The van der Waals surface area contributed by atoms with Crippen LogP contribution in [-0.4, -0.2) is 52.6 Å². The molecule has 0 aromatic heterocycles. The van der Waals surface area contributed by atoms with Crippen molar-refractivity contribution in [3.63, 3.8) is 0 Å². The fraction of sp³-hybridized carbons (Fsp3) is 0.700. The van der Waals surface area contributed by atoms with E-state index in [1.54, 1.807) is 0 Å². The quantitative estimate of drug-likeness (QED) is 0.822. The summed E-state index contributed by atoms with van der Waals surface area (Å²) in [5, 5.41) is 22.6. The third-order valence-electron chi connectivity index (χ3n) is 8.46. The summed E-state index contributed by atoms with van der Waals surface area (Å²) < 4.78 is 0. The molecule has 10 atom stereocenters. The topological polar surface area (TPSA) is 46.9 Å². The maximum Gasteiger partial charge on any atom is 0.111 e. The molecule has 5 bridgehead atoms. The van der Waals surface area contributed by atoms with Crippen molar-refractivity contribution in [3.05, 3.63) is 29.8 Å². The van der Waals surface area contributed by atoms with Crippen LogP contribution < -0.4 is 4.90 Å². The number of benzene rings is 1. The van der Waals surface area contributed by atoms with Gasteiger partial charge in [-0.1, -0.05) is 25.1 Å². The number of piperidine rings is 4. The Morgan fingerprint density at radius 3 is 2.79 bits per heavy atom. The molecule has 1 saturated carbocycles. The molecule has 1 spiro atoms. The van der Waals surface area contributed by atoms with E-state index in [1.165, 1.54) is 11.3 Å². The number of aliphatic hydroxyl groups excluding tert-OH is 2.